The fourth-order valence-electron chi connectivity index (χ4n) is 4.24. The lowest BCUT2D eigenvalue weighted by molar-refractivity contribution is 0.0645. The van der Waals surface area contributed by atoms with Gasteiger partial charge in [0, 0.05) is 24.6 Å². The highest BCUT2D eigenvalue weighted by atomic mass is 16.2. The molecular formula is C21H26N4O2. The van der Waals surface area contributed by atoms with E-state index in [1.807, 2.05) is 39.9 Å². The molecule has 1 aromatic heterocycles. The van der Waals surface area contributed by atoms with Gasteiger partial charge in [0.15, 0.2) is 11.5 Å². The monoisotopic (exact) mass is 366 g/mol. The van der Waals surface area contributed by atoms with Gasteiger partial charge in [-0.05, 0) is 25.7 Å². The number of carbonyl (C=O) groups excluding carboxylic acids is 2. The molecule has 142 valence electrons. The van der Waals surface area contributed by atoms with Crippen molar-refractivity contribution < 1.29 is 9.59 Å². The summed E-state index contributed by atoms with van der Waals surface area (Å²) in [7, 11) is 0. The highest BCUT2D eigenvalue weighted by molar-refractivity contribution is 5.98. The van der Waals surface area contributed by atoms with E-state index in [1.165, 1.54) is 19.3 Å². The van der Waals surface area contributed by atoms with Crippen LogP contribution < -0.4 is 0 Å². The summed E-state index contributed by atoms with van der Waals surface area (Å²) in [6.45, 7) is 1.19. The fourth-order valence-corrected chi connectivity index (χ4v) is 4.24. The van der Waals surface area contributed by atoms with Crippen molar-refractivity contribution in [2.24, 2.45) is 5.92 Å². The van der Waals surface area contributed by atoms with Crippen molar-refractivity contribution in [2.45, 2.75) is 51.0 Å². The molecule has 0 bridgehead atoms. The van der Waals surface area contributed by atoms with Crippen molar-refractivity contribution in [3.63, 3.8) is 0 Å². The molecule has 0 atom stereocenters. The Labute approximate surface area is 159 Å². The first-order valence-corrected chi connectivity index (χ1v) is 10.0. The van der Waals surface area contributed by atoms with Crippen molar-refractivity contribution in [3.8, 4) is 0 Å². The lowest BCUT2D eigenvalue weighted by Crippen LogP contribution is -2.40. The van der Waals surface area contributed by atoms with Crippen molar-refractivity contribution >= 4 is 11.7 Å². The third-order valence-corrected chi connectivity index (χ3v) is 5.89. The number of rotatable bonds is 4. The van der Waals surface area contributed by atoms with E-state index in [0.29, 0.717) is 37.7 Å². The average Bonchev–Trinajstić information content (AvgIpc) is 3.24. The number of hydrogen-bond acceptors (Lipinski definition) is 4. The van der Waals surface area contributed by atoms with Crippen molar-refractivity contribution in [1.82, 2.24) is 19.9 Å². The van der Waals surface area contributed by atoms with E-state index in [-0.39, 0.29) is 17.6 Å². The van der Waals surface area contributed by atoms with Gasteiger partial charge in [-0.15, -0.1) is 5.10 Å². The molecule has 27 heavy (non-hydrogen) atoms. The van der Waals surface area contributed by atoms with Crippen molar-refractivity contribution in [3.05, 3.63) is 47.8 Å². The molecular weight excluding hydrogens is 340 g/mol. The van der Waals surface area contributed by atoms with Crippen LogP contribution in [0, 0.1) is 5.92 Å². The third kappa shape index (κ3) is 3.94. The molecule has 4 rings (SSSR count). The van der Waals surface area contributed by atoms with Gasteiger partial charge in [-0.1, -0.05) is 54.8 Å². The molecule has 1 saturated carbocycles. The molecule has 1 saturated heterocycles. The Morgan fingerprint density at radius 3 is 2.33 bits per heavy atom. The molecule has 2 heterocycles. The summed E-state index contributed by atoms with van der Waals surface area (Å²) < 4.78 is 1.87. The molecule has 0 N–H and O–H groups in total. The SMILES string of the molecule is O=C(c1ccccc1)C1CCN(C(=O)c2cn(C3CCCCC3)nn2)CC1. The molecule has 1 aliphatic carbocycles. The first-order chi connectivity index (χ1) is 13.2. The number of piperidine rings is 1. The molecule has 0 unspecified atom stereocenters. The second-order valence-electron chi connectivity index (χ2n) is 7.67. The predicted octanol–water partition coefficient (Wildman–Crippen LogP) is 3.52. The van der Waals surface area contributed by atoms with Gasteiger partial charge in [-0.3, -0.25) is 9.59 Å². The second kappa shape index (κ2) is 8.03. The van der Waals surface area contributed by atoms with E-state index in [4.69, 9.17) is 0 Å². The Morgan fingerprint density at radius 2 is 1.63 bits per heavy atom. The Kier molecular flexibility index (Phi) is 5.32. The number of likely N-dealkylation sites (tertiary alicyclic amines) is 1. The van der Waals surface area contributed by atoms with Crippen LogP contribution in [0.4, 0.5) is 0 Å². The molecule has 0 radical (unpaired) electrons. The minimum Gasteiger partial charge on any atom is -0.337 e. The van der Waals surface area contributed by atoms with E-state index in [9.17, 15) is 9.59 Å². The van der Waals surface area contributed by atoms with Gasteiger partial charge < -0.3 is 4.90 Å². The maximum absolute atomic E-state index is 12.8. The highest BCUT2D eigenvalue weighted by Gasteiger charge is 2.29. The van der Waals surface area contributed by atoms with Crippen LogP contribution >= 0.6 is 0 Å². The Morgan fingerprint density at radius 1 is 0.926 bits per heavy atom. The molecule has 2 fully saturated rings. The number of amides is 1. The second-order valence-corrected chi connectivity index (χ2v) is 7.67. The van der Waals surface area contributed by atoms with Crippen molar-refractivity contribution in [1.29, 1.82) is 0 Å². The summed E-state index contributed by atoms with van der Waals surface area (Å²) in [6, 6.07) is 9.80. The van der Waals surface area contributed by atoms with E-state index < -0.39 is 0 Å². The number of Topliss-reactive ketones (excluding diaryl/α,β-unsaturated/α-hetero) is 1. The Balaban J connectivity index is 1.35. The van der Waals surface area contributed by atoms with Crippen LogP contribution in [0.1, 0.15) is 71.8 Å². The van der Waals surface area contributed by atoms with Crippen molar-refractivity contribution in [2.75, 3.05) is 13.1 Å². The molecule has 0 spiro atoms. The molecule has 6 heteroatoms. The summed E-state index contributed by atoms with van der Waals surface area (Å²) >= 11 is 0. The van der Waals surface area contributed by atoms with Crippen LogP contribution in [-0.4, -0.2) is 44.7 Å². The van der Waals surface area contributed by atoms with Gasteiger partial charge in [-0.2, -0.15) is 0 Å². The minimum absolute atomic E-state index is 0.00521. The Bertz CT molecular complexity index is 788. The largest absolute Gasteiger partial charge is 0.337 e. The van der Waals surface area contributed by atoms with Crippen LogP contribution in [-0.2, 0) is 0 Å². The normalized spacial score (nSPS) is 19.2. The number of nitrogens with zero attached hydrogens (tertiary/aromatic N) is 4. The molecule has 2 aromatic rings. The van der Waals surface area contributed by atoms with Gasteiger partial charge in [0.25, 0.3) is 5.91 Å². The van der Waals surface area contributed by atoms with Crippen LogP contribution in [0.5, 0.6) is 0 Å². The summed E-state index contributed by atoms with van der Waals surface area (Å²) in [5.74, 6) is 0.114. The van der Waals surface area contributed by atoms with Gasteiger partial charge in [0.2, 0.25) is 0 Å². The molecule has 6 nitrogen and oxygen atoms in total. The molecule has 1 amide bonds. The Hall–Kier alpha value is -2.50. The first-order valence-electron chi connectivity index (χ1n) is 10.0. The van der Waals surface area contributed by atoms with E-state index in [0.717, 1.165) is 18.4 Å². The lowest BCUT2D eigenvalue weighted by Gasteiger charge is -2.30. The number of aromatic nitrogens is 3. The van der Waals surface area contributed by atoms with Gasteiger partial charge >= 0.3 is 0 Å². The van der Waals surface area contributed by atoms with Crippen LogP contribution in [0.25, 0.3) is 0 Å². The zero-order valence-corrected chi connectivity index (χ0v) is 15.6. The average molecular weight is 366 g/mol. The number of carbonyl (C=O) groups is 2. The van der Waals surface area contributed by atoms with Crippen LogP contribution in [0.3, 0.4) is 0 Å². The molecule has 1 aliphatic heterocycles. The summed E-state index contributed by atoms with van der Waals surface area (Å²) in [4.78, 5) is 27.2. The number of hydrogen-bond donors (Lipinski definition) is 0. The maximum atomic E-state index is 12.8. The molecule has 1 aromatic carbocycles. The van der Waals surface area contributed by atoms with E-state index in [2.05, 4.69) is 10.3 Å². The summed E-state index contributed by atoms with van der Waals surface area (Å²) in [6.07, 6.45) is 9.17. The summed E-state index contributed by atoms with van der Waals surface area (Å²) in [5.41, 5.74) is 1.19. The predicted molar refractivity (Wildman–Crippen MR) is 102 cm³/mol. The lowest BCUT2D eigenvalue weighted by atomic mass is 9.89. The standard InChI is InChI=1S/C21H26N4O2/c26-20(16-7-3-1-4-8-16)17-11-13-24(14-12-17)21(27)19-15-25(23-22-19)18-9-5-2-6-10-18/h1,3-4,7-8,15,17-18H,2,5-6,9-14H2. The number of ketones is 1. The zero-order chi connectivity index (χ0) is 18.6. The first kappa shape index (κ1) is 17.9. The van der Waals surface area contributed by atoms with E-state index in [1.54, 1.807) is 6.20 Å². The van der Waals surface area contributed by atoms with Gasteiger partial charge in [-0.25, -0.2) is 4.68 Å². The molecule has 2 aliphatic rings. The quantitative estimate of drug-likeness (QED) is 0.777. The summed E-state index contributed by atoms with van der Waals surface area (Å²) in [5, 5.41) is 8.33. The third-order valence-electron chi connectivity index (χ3n) is 5.89. The fraction of sp³-hybridized carbons (Fsp3) is 0.524. The van der Waals surface area contributed by atoms with Gasteiger partial charge in [0.05, 0.1) is 12.2 Å². The van der Waals surface area contributed by atoms with Gasteiger partial charge in [0.1, 0.15) is 0 Å². The highest BCUT2D eigenvalue weighted by Crippen LogP contribution is 2.27. The topological polar surface area (TPSA) is 68.1 Å². The van der Waals surface area contributed by atoms with Crippen LogP contribution in [0.2, 0.25) is 0 Å². The smallest absolute Gasteiger partial charge is 0.276 e. The number of benzene rings is 1. The zero-order valence-electron chi connectivity index (χ0n) is 15.6. The van der Waals surface area contributed by atoms with Crippen LogP contribution in [0.15, 0.2) is 36.5 Å². The van der Waals surface area contributed by atoms with E-state index >= 15 is 0 Å². The minimum atomic E-state index is -0.0670. The maximum Gasteiger partial charge on any atom is 0.276 e.